The SMILES string of the molecule is C=C/N=C(NCCN1CCOCC1)\C(Cl)=C(/C)C(=O)NCc1ncc(C(=O)Nc2ccc(Cl)c(C(F)(F)F)c2)s1. The largest absolute Gasteiger partial charge is 0.417 e. The summed E-state index contributed by atoms with van der Waals surface area (Å²) >= 11 is 13.0. The normalized spacial score (nSPS) is 15.3. The molecule has 15 heteroatoms. The van der Waals surface area contributed by atoms with Crippen LogP contribution in [0.25, 0.3) is 0 Å². The lowest BCUT2D eigenvalue weighted by molar-refractivity contribution is -0.137. The number of benzene rings is 1. The van der Waals surface area contributed by atoms with Gasteiger partial charge in [0.05, 0.1) is 41.6 Å². The maximum Gasteiger partial charge on any atom is 0.417 e. The molecule has 2 amide bonds. The molecule has 0 atom stereocenters. The van der Waals surface area contributed by atoms with Crippen molar-refractivity contribution in [2.24, 2.45) is 4.99 Å². The molecule has 1 aliphatic heterocycles. The molecule has 0 bridgehead atoms. The molecule has 1 fully saturated rings. The van der Waals surface area contributed by atoms with E-state index in [9.17, 15) is 22.8 Å². The average molecular weight is 619 g/mol. The summed E-state index contributed by atoms with van der Waals surface area (Å²) < 4.78 is 44.6. The van der Waals surface area contributed by atoms with E-state index in [0.717, 1.165) is 43.1 Å². The molecule has 2 heterocycles. The van der Waals surface area contributed by atoms with Crippen LogP contribution in [0.15, 0.2) is 52.8 Å². The Balaban J connectivity index is 1.56. The van der Waals surface area contributed by atoms with Crippen molar-refractivity contribution in [2.45, 2.75) is 19.6 Å². The summed E-state index contributed by atoms with van der Waals surface area (Å²) in [6, 6.07) is 3.07. The Labute approximate surface area is 243 Å². The van der Waals surface area contributed by atoms with Crippen molar-refractivity contribution in [2.75, 3.05) is 44.7 Å². The van der Waals surface area contributed by atoms with Gasteiger partial charge in [-0.05, 0) is 25.1 Å². The third-order valence-corrected chi connectivity index (χ3v) is 7.42. The van der Waals surface area contributed by atoms with Crippen molar-refractivity contribution in [1.29, 1.82) is 0 Å². The highest BCUT2D eigenvalue weighted by atomic mass is 35.5. The maximum atomic E-state index is 13.1. The fourth-order valence-corrected chi connectivity index (χ4v) is 4.68. The number of morpholine rings is 1. The number of amidine groups is 1. The Morgan fingerprint density at radius 1 is 1.27 bits per heavy atom. The zero-order valence-corrected chi connectivity index (χ0v) is 23.7. The molecule has 3 N–H and O–H groups in total. The van der Waals surface area contributed by atoms with Crippen LogP contribution in [0.3, 0.4) is 0 Å². The molecule has 9 nitrogen and oxygen atoms in total. The molecule has 3 rings (SSSR count). The van der Waals surface area contributed by atoms with Gasteiger partial charge in [-0.25, -0.2) is 9.98 Å². The van der Waals surface area contributed by atoms with Crippen LogP contribution in [0.5, 0.6) is 0 Å². The monoisotopic (exact) mass is 618 g/mol. The zero-order valence-electron chi connectivity index (χ0n) is 21.4. The summed E-state index contributed by atoms with van der Waals surface area (Å²) in [6.45, 7) is 9.47. The number of anilines is 1. The van der Waals surface area contributed by atoms with E-state index in [1.54, 1.807) is 6.92 Å². The van der Waals surface area contributed by atoms with Gasteiger partial charge in [-0.2, -0.15) is 13.2 Å². The minimum absolute atomic E-state index is 0.00412. The molecule has 1 aromatic heterocycles. The van der Waals surface area contributed by atoms with E-state index in [-0.39, 0.29) is 27.7 Å². The van der Waals surface area contributed by atoms with E-state index >= 15 is 0 Å². The van der Waals surface area contributed by atoms with Gasteiger partial charge in [0.15, 0.2) is 0 Å². The van der Waals surface area contributed by atoms with Crippen LogP contribution < -0.4 is 16.0 Å². The van der Waals surface area contributed by atoms with E-state index in [1.807, 2.05) is 0 Å². The highest BCUT2D eigenvalue weighted by Gasteiger charge is 2.33. The standard InChI is InChI=1S/C25H27Cl2F3N6O3S/c1-3-31-22(32-6-7-36-8-10-39-11-9-36)21(27)15(2)23(37)34-14-20-33-13-19(40-20)24(38)35-16-4-5-18(26)17(12-16)25(28,29)30/h3-5,12-13H,1,6-11,14H2,2H3,(H,31,32)(H,34,37)(H,35,38)/b21-15-. The molecule has 1 saturated heterocycles. The second kappa shape index (κ2) is 14.6. The third kappa shape index (κ3) is 9.03. The number of hydrogen-bond donors (Lipinski definition) is 3. The number of halogens is 5. The van der Waals surface area contributed by atoms with Crippen molar-refractivity contribution >= 4 is 57.9 Å². The molecule has 1 aliphatic rings. The lowest BCUT2D eigenvalue weighted by atomic mass is 10.2. The number of carbonyl (C=O) groups is 2. The number of aliphatic imine (C=N–C) groups is 1. The predicted molar refractivity (Wildman–Crippen MR) is 150 cm³/mol. The van der Waals surface area contributed by atoms with Gasteiger partial charge in [-0.15, -0.1) is 11.3 Å². The highest BCUT2D eigenvalue weighted by Crippen LogP contribution is 2.36. The maximum absolute atomic E-state index is 13.1. The number of nitrogens with zero attached hydrogens (tertiary/aromatic N) is 3. The number of aromatic nitrogens is 1. The van der Waals surface area contributed by atoms with Crippen LogP contribution in [0.1, 0.15) is 27.2 Å². The summed E-state index contributed by atoms with van der Waals surface area (Å²) in [5.74, 6) is -0.821. The molecule has 0 radical (unpaired) electrons. The van der Waals surface area contributed by atoms with E-state index < -0.39 is 28.6 Å². The van der Waals surface area contributed by atoms with E-state index in [1.165, 1.54) is 18.5 Å². The van der Waals surface area contributed by atoms with Crippen molar-refractivity contribution in [1.82, 2.24) is 20.5 Å². The van der Waals surface area contributed by atoms with E-state index in [2.05, 4.69) is 37.4 Å². The van der Waals surface area contributed by atoms with Crippen molar-refractivity contribution < 1.29 is 27.5 Å². The van der Waals surface area contributed by atoms with Crippen LogP contribution >= 0.6 is 34.5 Å². The van der Waals surface area contributed by atoms with E-state index in [4.69, 9.17) is 27.9 Å². The average Bonchev–Trinajstić information content (AvgIpc) is 3.41. The van der Waals surface area contributed by atoms with Gasteiger partial charge >= 0.3 is 6.18 Å². The third-order valence-electron chi connectivity index (χ3n) is 5.63. The van der Waals surface area contributed by atoms with Gasteiger partial charge in [0, 0.05) is 43.6 Å². The summed E-state index contributed by atoms with van der Waals surface area (Å²) in [5, 5.41) is 8.26. The molecule has 40 heavy (non-hydrogen) atoms. The second-order valence-corrected chi connectivity index (χ2v) is 10.3. The smallest absolute Gasteiger partial charge is 0.379 e. The number of ether oxygens (including phenoxy) is 1. The second-order valence-electron chi connectivity index (χ2n) is 8.43. The van der Waals surface area contributed by atoms with Gasteiger partial charge in [0.2, 0.25) is 5.91 Å². The zero-order chi connectivity index (χ0) is 29.3. The Bertz CT molecular complexity index is 1290. The van der Waals surface area contributed by atoms with Crippen molar-refractivity contribution in [3.05, 3.63) is 68.3 Å². The van der Waals surface area contributed by atoms with Crippen LogP contribution in [0, 0.1) is 0 Å². The van der Waals surface area contributed by atoms with Crippen LogP contribution in [0.4, 0.5) is 18.9 Å². The quantitative estimate of drug-likeness (QED) is 0.203. The van der Waals surface area contributed by atoms with Crippen LogP contribution in [0.2, 0.25) is 5.02 Å². The van der Waals surface area contributed by atoms with Gasteiger partial charge in [-0.1, -0.05) is 29.8 Å². The number of rotatable bonds is 10. The first kappa shape index (κ1) is 31.6. The number of hydrogen-bond acceptors (Lipinski definition) is 7. The highest BCUT2D eigenvalue weighted by molar-refractivity contribution is 7.13. The summed E-state index contributed by atoms with van der Waals surface area (Å²) in [7, 11) is 0. The fraction of sp³-hybridized carbons (Fsp3) is 0.360. The number of nitrogens with one attached hydrogen (secondary N) is 3. The Morgan fingerprint density at radius 3 is 2.67 bits per heavy atom. The molecule has 216 valence electrons. The molecular formula is C25H27Cl2F3N6O3S. The molecule has 0 spiro atoms. The molecule has 0 saturated carbocycles. The Kier molecular flexibility index (Phi) is 11.5. The van der Waals surface area contributed by atoms with Crippen LogP contribution in [-0.2, 0) is 22.3 Å². The van der Waals surface area contributed by atoms with Gasteiger partial charge in [0.25, 0.3) is 5.91 Å². The summed E-state index contributed by atoms with van der Waals surface area (Å²) in [6.07, 6.45) is -2.08. The Morgan fingerprint density at radius 2 is 2.00 bits per heavy atom. The first-order chi connectivity index (χ1) is 19.0. The number of thiazole rings is 1. The first-order valence-electron chi connectivity index (χ1n) is 12.0. The summed E-state index contributed by atoms with van der Waals surface area (Å²) in [4.78, 5) is 35.9. The summed E-state index contributed by atoms with van der Waals surface area (Å²) in [5.41, 5.74) is -0.926. The van der Waals surface area contributed by atoms with Crippen molar-refractivity contribution in [3.8, 4) is 0 Å². The lowest BCUT2D eigenvalue weighted by Gasteiger charge is -2.26. The molecular weight excluding hydrogens is 592 g/mol. The van der Waals surface area contributed by atoms with E-state index in [0.29, 0.717) is 30.6 Å². The number of amides is 2. The minimum atomic E-state index is -4.67. The molecule has 1 aromatic carbocycles. The fourth-order valence-electron chi connectivity index (χ4n) is 3.50. The van der Waals surface area contributed by atoms with Crippen LogP contribution in [-0.4, -0.2) is 66.9 Å². The Hall–Kier alpha value is -2.97. The van der Waals surface area contributed by atoms with Gasteiger partial charge < -0.3 is 20.7 Å². The number of carbonyl (C=O) groups excluding carboxylic acids is 2. The van der Waals surface area contributed by atoms with Gasteiger partial charge in [-0.3, -0.25) is 14.5 Å². The lowest BCUT2D eigenvalue weighted by Crippen LogP contribution is -2.41. The first-order valence-corrected chi connectivity index (χ1v) is 13.6. The van der Waals surface area contributed by atoms with Crippen molar-refractivity contribution in [3.63, 3.8) is 0 Å². The minimum Gasteiger partial charge on any atom is -0.379 e. The topological polar surface area (TPSA) is 108 Å². The molecule has 2 aromatic rings. The predicted octanol–water partition coefficient (Wildman–Crippen LogP) is 4.66. The number of alkyl halides is 3. The van der Waals surface area contributed by atoms with Gasteiger partial charge in [0.1, 0.15) is 15.7 Å². The molecule has 0 unspecified atom stereocenters. The molecule has 0 aliphatic carbocycles.